The van der Waals surface area contributed by atoms with Crippen LogP contribution < -0.4 is 10.9 Å². The van der Waals surface area contributed by atoms with Gasteiger partial charge in [-0.15, -0.1) is 0 Å². The number of pyridine rings is 1. The highest BCUT2D eigenvalue weighted by molar-refractivity contribution is 5.91. The molecular formula is C15H12N4O2. The molecule has 3 aromatic rings. The number of carbonyl (C=O) groups excluding carboxylic acids is 1. The van der Waals surface area contributed by atoms with Crippen LogP contribution >= 0.6 is 0 Å². The van der Waals surface area contributed by atoms with E-state index < -0.39 is 0 Å². The molecule has 0 atom stereocenters. The second-order valence-electron chi connectivity index (χ2n) is 4.48. The van der Waals surface area contributed by atoms with E-state index in [4.69, 9.17) is 0 Å². The fourth-order valence-corrected chi connectivity index (χ4v) is 1.94. The van der Waals surface area contributed by atoms with Crippen LogP contribution in [0, 0.1) is 0 Å². The molecule has 0 aliphatic rings. The van der Waals surface area contributed by atoms with Crippen molar-refractivity contribution in [1.82, 2.24) is 20.5 Å². The summed E-state index contributed by atoms with van der Waals surface area (Å²) < 4.78 is 0. The number of benzene rings is 1. The quantitative estimate of drug-likeness (QED) is 0.755. The maximum absolute atomic E-state index is 11.9. The standard InChI is InChI=1S/C15H12N4O2/c20-14-8-7-13(18-19-14)15(21)16-9-11-6-5-10-3-1-2-4-12(10)17-11/h1-8H,9H2,(H,16,21)(H,19,20). The van der Waals surface area contributed by atoms with Gasteiger partial charge in [-0.3, -0.25) is 14.6 Å². The molecule has 0 fully saturated rings. The van der Waals surface area contributed by atoms with Crippen molar-refractivity contribution in [2.75, 3.05) is 0 Å². The molecule has 3 rings (SSSR count). The predicted octanol–water partition coefficient (Wildman–Crippen LogP) is 1.25. The molecule has 1 aromatic carbocycles. The van der Waals surface area contributed by atoms with Crippen molar-refractivity contribution in [2.45, 2.75) is 6.54 Å². The number of hydrogen-bond acceptors (Lipinski definition) is 4. The van der Waals surface area contributed by atoms with Gasteiger partial charge in [0.15, 0.2) is 0 Å². The Labute approximate surface area is 119 Å². The molecule has 0 saturated carbocycles. The summed E-state index contributed by atoms with van der Waals surface area (Å²) in [7, 11) is 0. The lowest BCUT2D eigenvalue weighted by atomic mass is 10.2. The number of rotatable bonds is 3. The van der Waals surface area contributed by atoms with E-state index in [1.165, 1.54) is 12.1 Å². The Balaban J connectivity index is 1.72. The SMILES string of the molecule is O=C(NCc1ccc2ccccc2n1)c1ccc(=O)[nH]n1. The van der Waals surface area contributed by atoms with E-state index in [1.54, 1.807) is 0 Å². The Morgan fingerprint density at radius 1 is 1.10 bits per heavy atom. The lowest BCUT2D eigenvalue weighted by Gasteiger charge is -2.05. The van der Waals surface area contributed by atoms with Crippen LogP contribution in [0.1, 0.15) is 16.2 Å². The molecule has 21 heavy (non-hydrogen) atoms. The highest BCUT2D eigenvalue weighted by Gasteiger charge is 2.07. The third kappa shape index (κ3) is 2.94. The lowest BCUT2D eigenvalue weighted by molar-refractivity contribution is 0.0944. The minimum atomic E-state index is -0.360. The van der Waals surface area contributed by atoms with E-state index in [0.717, 1.165) is 16.6 Å². The van der Waals surface area contributed by atoms with Gasteiger partial charge >= 0.3 is 0 Å². The smallest absolute Gasteiger partial charge is 0.272 e. The number of aromatic nitrogens is 3. The number of aromatic amines is 1. The van der Waals surface area contributed by atoms with Crippen molar-refractivity contribution < 1.29 is 4.79 Å². The number of nitrogens with one attached hydrogen (secondary N) is 2. The molecule has 2 N–H and O–H groups in total. The molecule has 0 bridgehead atoms. The van der Waals surface area contributed by atoms with Crippen molar-refractivity contribution >= 4 is 16.8 Å². The third-order valence-corrected chi connectivity index (χ3v) is 3.00. The zero-order valence-electron chi connectivity index (χ0n) is 11.0. The van der Waals surface area contributed by atoms with Gasteiger partial charge in [-0.25, -0.2) is 5.10 Å². The summed E-state index contributed by atoms with van der Waals surface area (Å²) in [6.45, 7) is 0.296. The first kappa shape index (κ1) is 13.0. The average molecular weight is 280 g/mol. The van der Waals surface area contributed by atoms with E-state index in [0.29, 0.717) is 6.54 Å². The molecule has 0 aliphatic heterocycles. The molecule has 0 spiro atoms. The molecule has 6 heteroatoms. The maximum atomic E-state index is 11.9. The first-order chi connectivity index (χ1) is 10.2. The van der Waals surface area contributed by atoms with E-state index in [-0.39, 0.29) is 17.2 Å². The molecular weight excluding hydrogens is 268 g/mol. The molecule has 2 aromatic heterocycles. The number of fused-ring (bicyclic) bond motifs is 1. The fourth-order valence-electron chi connectivity index (χ4n) is 1.94. The summed E-state index contributed by atoms with van der Waals surface area (Å²) in [5.74, 6) is -0.360. The van der Waals surface area contributed by atoms with Crippen LogP contribution in [0.5, 0.6) is 0 Å². The van der Waals surface area contributed by atoms with Gasteiger partial charge < -0.3 is 5.32 Å². The molecule has 0 saturated heterocycles. The van der Waals surface area contributed by atoms with Gasteiger partial charge in [0.25, 0.3) is 11.5 Å². The molecule has 0 aliphatic carbocycles. The van der Waals surface area contributed by atoms with E-state index >= 15 is 0 Å². The van der Waals surface area contributed by atoms with Gasteiger partial charge in [0.1, 0.15) is 5.69 Å². The van der Waals surface area contributed by atoms with Crippen molar-refractivity contribution in [3.8, 4) is 0 Å². The summed E-state index contributed by atoms with van der Waals surface area (Å²) in [4.78, 5) is 27.2. The highest BCUT2D eigenvalue weighted by Crippen LogP contribution is 2.11. The predicted molar refractivity (Wildman–Crippen MR) is 77.8 cm³/mol. The molecule has 2 heterocycles. The van der Waals surface area contributed by atoms with Crippen molar-refractivity contribution in [2.24, 2.45) is 0 Å². The van der Waals surface area contributed by atoms with E-state index in [1.807, 2.05) is 36.4 Å². The minimum Gasteiger partial charge on any atom is -0.345 e. The summed E-state index contributed by atoms with van der Waals surface area (Å²) >= 11 is 0. The average Bonchev–Trinajstić information content (AvgIpc) is 2.53. The highest BCUT2D eigenvalue weighted by atomic mass is 16.2. The monoisotopic (exact) mass is 280 g/mol. The van der Waals surface area contributed by atoms with Crippen LogP contribution in [0.4, 0.5) is 0 Å². The Morgan fingerprint density at radius 2 is 1.95 bits per heavy atom. The number of amides is 1. The number of para-hydroxylation sites is 1. The summed E-state index contributed by atoms with van der Waals surface area (Å²) in [5, 5.41) is 9.66. The van der Waals surface area contributed by atoms with Crippen LogP contribution in [0.15, 0.2) is 53.3 Å². The fraction of sp³-hybridized carbons (Fsp3) is 0.0667. The maximum Gasteiger partial charge on any atom is 0.272 e. The van der Waals surface area contributed by atoms with Crippen LogP contribution in [0.2, 0.25) is 0 Å². The first-order valence-corrected chi connectivity index (χ1v) is 6.41. The van der Waals surface area contributed by atoms with Crippen molar-refractivity contribution in [3.63, 3.8) is 0 Å². The van der Waals surface area contributed by atoms with E-state index in [9.17, 15) is 9.59 Å². The third-order valence-electron chi connectivity index (χ3n) is 3.00. The van der Waals surface area contributed by atoms with Gasteiger partial charge in [-0.1, -0.05) is 24.3 Å². The van der Waals surface area contributed by atoms with Crippen LogP contribution in [-0.4, -0.2) is 21.1 Å². The van der Waals surface area contributed by atoms with Gasteiger partial charge in [0.05, 0.1) is 17.8 Å². The molecule has 6 nitrogen and oxygen atoms in total. The lowest BCUT2D eigenvalue weighted by Crippen LogP contribution is -2.25. The topological polar surface area (TPSA) is 87.7 Å². The number of carbonyl (C=O) groups is 1. The second kappa shape index (κ2) is 5.54. The van der Waals surface area contributed by atoms with Gasteiger partial charge in [0, 0.05) is 11.5 Å². The van der Waals surface area contributed by atoms with Gasteiger partial charge in [0.2, 0.25) is 0 Å². The molecule has 0 unspecified atom stereocenters. The molecule has 1 amide bonds. The number of H-pyrrole nitrogens is 1. The van der Waals surface area contributed by atoms with Gasteiger partial charge in [-0.05, 0) is 18.2 Å². The van der Waals surface area contributed by atoms with Crippen molar-refractivity contribution in [1.29, 1.82) is 0 Å². The normalized spacial score (nSPS) is 10.5. The van der Waals surface area contributed by atoms with Gasteiger partial charge in [-0.2, -0.15) is 5.10 Å². The first-order valence-electron chi connectivity index (χ1n) is 6.41. The second-order valence-corrected chi connectivity index (χ2v) is 4.48. The molecule has 0 radical (unpaired) electrons. The summed E-state index contributed by atoms with van der Waals surface area (Å²) in [6.07, 6.45) is 0. The van der Waals surface area contributed by atoms with E-state index in [2.05, 4.69) is 20.5 Å². The Bertz CT molecular complexity index is 837. The molecule has 104 valence electrons. The summed E-state index contributed by atoms with van der Waals surface area (Å²) in [6, 6.07) is 14.2. The summed E-state index contributed by atoms with van der Waals surface area (Å²) in [5.41, 5.74) is 1.45. The Hall–Kier alpha value is -3.02. The van der Waals surface area contributed by atoms with Crippen LogP contribution in [0.3, 0.4) is 0 Å². The van der Waals surface area contributed by atoms with Crippen LogP contribution in [-0.2, 0) is 6.54 Å². The largest absolute Gasteiger partial charge is 0.345 e. The van der Waals surface area contributed by atoms with Crippen molar-refractivity contribution in [3.05, 3.63) is 70.3 Å². The Kier molecular flexibility index (Phi) is 3.42. The zero-order chi connectivity index (χ0) is 14.7. The zero-order valence-corrected chi connectivity index (χ0v) is 11.0. The number of nitrogens with zero attached hydrogens (tertiary/aromatic N) is 2. The van der Waals surface area contributed by atoms with Crippen LogP contribution in [0.25, 0.3) is 10.9 Å². The minimum absolute atomic E-state index is 0.162. The number of hydrogen-bond donors (Lipinski definition) is 2. The Morgan fingerprint density at radius 3 is 2.76 bits per heavy atom.